The van der Waals surface area contributed by atoms with Gasteiger partial charge in [0.1, 0.15) is 0 Å². The van der Waals surface area contributed by atoms with E-state index < -0.39 is 0 Å². The molecular formula is C54H35NS. The SMILES string of the molecule is c1ccc(-c2c(-c3ccccc3)c3cc(-c4cccc(N(c5ccc6c(c5)sc5ccccc56)c5cccc6ccccc56)c4)ccc3c3ccccc23)cc1. The van der Waals surface area contributed by atoms with Crippen molar-refractivity contribution in [2.75, 3.05) is 4.90 Å². The topological polar surface area (TPSA) is 3.24 Å². The van der Waals surface area contributed by atoms with Crippen LogP contribution in [0.1, 0.15) is 0 Å². The van der Waals surface area contributed by atoms with Gasteiger partial charge in [0.25, 0.3) is 0 Å². The third-order valence-corrected chi connectivity index (χ3v) is 12.3. The Labute approximate surface area is 330 Å². The second-order valence-electron chi connectivity index (χ2n) is 14.5. The first kappa shape index (κ1) is 32.4. The molecule has 0 bridgehead atoms. The fraction of sp³-hybridized carbons (Fsp3) is 0. The van der Waals surface area contributed by atoms with Crippen molar-refractivity contribution in [1.82, 2.24) is 0 Å². The van der Waals surface area contributed by atoms with Crippen molar-refractivity contribution in [1.29, 1.82) is 0 Å². The third-order valence-electron chi connectivity index (χ3n) is 11.2. The van der Waals surface area contributed by atoms with Gasteiger partial charge in [-0.25, -0.2) is 0 Å². The Balaban J connectivity index is 1.14. The smallest absolute Gasteiger partial charge is 0.0540 e. The maximum absolute atomic E-state index is 2.44. The van der Waals surface area contributed by atoms with Gasteiger partial charge in [-0.05, 0) is 103 Å². The molecule has 0 unspecified atom stereocenters. The highest BCUT2D eigenvalue weighted by Crippen LogP contribution is 2.47. The molecule has 11 aromatic rings. The van der Waals surface area contributed by atoms with Gasteiger partial charge in [0, 0.05) is 36.9 Å². The van der Waals surface area contributed by atoms with Gasteiger partial charge in [-0.1, -0.05) is 170 Å². The molecule has 0 spiro atoms. The van der Waals surface area contributed by atoms with Crippen LogP contribution in [-0.4, -0.2) is 0 Å². The zero-order valence-corrected chi connectivity index (χ0v) is 31.4. The molecule has 1 aromatic heterocycles. The Morgan fingerprint density at radius 2 is 0.821 bits per heavy atom. The molecule has 56 heavy (non-hydrogen) atoms. The maximum Gasteiger partial charge on any atom is 0.0540 e. The van der Waals surface area contributed by atoms with Gasteiger partial charge in [0.2, 0.25) is 0 Å². The highest BCUT2D eigenvalue weighted by Gasteiger charge is 2.20. The van der Waals surface area contributed by atoms with Crippen molar-refractivity contribution in [3.8, 4) is 33.4 Å². The number of hydrogen-bond donors (Lipinski definition) is 0. The molecule has 0 fully saturated rings. The minimum Gasteiger partial charge on any atom is -0.310 e. The van der Waals surface area contributed by atoms with Crippen molar-refractivity contribution in [3.05, 3.63) is 212 Å². The van der Waals surface area contributed by atoms with Crippen molar-refractivity contribution in [2.45, 2.75) is 0 Å². The van der Waals surface area contributed by atoms with Crippen LogP contribution in [0.25, 0.3) is 85.9 Å². The average Bonchev–Trinajstić information content (AvgIpc) is 3.65. The monoisotopic (exact) mass is 729 g/mol. The van der Waals surface area contributed by atoms with Crippen LogP contribution >= 0.6 is 11.3 Å². The summed E-state index contributed by atoms with van der Waals surface area (Å²) in [6, 6.07) is 77.8. The van der Waals surface area contributed by atoms with E-state index in [1.54, 1.807) is 0 Å². The first-order chi connectivity index (χ1) is 27.8. The zero-order valence-electron chi connectivity index (χ0n) is 30.6. The van der Waals surface area contributed by atoms with E-state index in [4.69, 9.17) is 0 Å². The van der Waals surface area contributed by atoms with Crippen LogP contribution < -0.4 is 4.90 Å². The lowest BCUT2D eigenvalue weighted by atomic mass is 9.84. The molecule has 0 aliphatic rings. The van der Waals surface area contributed by atoms with Gasteiger partial charge in [-0.15, -0.1) is 11.3 Å². The summed E-state index contributed by atoms with van der Waals surface area (Å²) >= 11 is 1.86. The molecular weight excluding hydrogens is 695 g/mol. The maximum atomic E-state index is 2.44. The molecule has 0 N–H and O–H groups in total. The molecule has 2 heteroatoms. The van der Waals surface area contributed by atoms with E-state index in [1.165, 1.54) is 85.9 Å². The van der Waals surface area contributed by atoms with Gasteiger partial charge >= 0.3 is 0 Å². The summed E-state index contributed by atoms with van der Waals surface area (Å²) in [7, 11) is 0. The number of rotatable bonds is 6. The van der Waals surface area contributed by atoms with Gasteiger partial charge in [0.15, 0.2) is 0 Å². The molecule has 0 saturated heterocycles. The van der Waals surface area contributed by atoms with Crippen LogP contribution in [0.15, 0.2) is 212 Å². The quantitative estimate of drug-likeness (QED) is 0.154. The summed E-state index contributed by atoms with van der Waals surface area (Å²) in [5.74, 6) is 0. The second kappa shape index (κ2) is 13.4. The molecule has 0 aliphatic carbocycles. The van der Waals surface area contributed by atoms with E-state index in [2.05, 4.69) is 217 Å². The van der Waals surface area contributed by atoms with Gasteiger partial charge < -0.3 is 4.90 Å². The minimum absolute atomic E-state index is 1.12. The van der Waals surface area contributed by atoms with E-state index in [-0.39, 0.29) is 0 Å². The van der Waals surface area contributed by atoms with E-state index in [0.29, 0.717) is 0 Å². The summed E-state index contributed by atoms with van der Waals surface area (Å²) in [6.07, 6.45) is 0. The van der Waals surface area contributed by atoms with Crippen LogP contribution in [0.5, 0.6) is 0 Å². The Hall–Kier alpha value is -7.00. The van der Waals surface area contributed by atoms with Gasteiger partial charge in [-0.2, -0.15) is 0 Å². The molecule has 0 amide bonds. The lowest BCUT2D eigenvalue weighted by molar-refractivity contribution is 1.30. The largest absolute Gasteiger partial charge is 0.310 e. The standard InChI is InChI=1S/C54H35NS/c1-3-16-37(17-4-1)53-48-26-10-9-24-44(48)45-31-29-40(34-49(45)54(53)38-18-5-2-6-19-38)39-21-13-22-41(33-39)55(50-27-14-20-36-15-7-8-23-43(36)50)42-30-32-47-46-25-11-12-28-51(46)56-52(47)35-42/h1-35H. The van der Waals surface area contributed by atoms with Crippen molar-refractivity contribution < 1.29 is 0 Å². The number of hydrogen-bond acceptors (Lipinski definition) is 2. The predicted molar refractivity (Wildman–Crippen MR) is 243 cm³/mol. The molecule has 0 aliphatic heterocycles. The second-order valence-corrected chi connectivity index (χ2v) is 15.5. The van der Waals surface area contributed by atoms with E-state index in [1.807, 2.05) is 11.3 Å². The highest BCUT2D eigenvalue weighted by molar-refractivity contribution is 7.25. The average molecular weight is 730 g/mol. The van der Waals surface area contributed by atoms with E-state index >= 15 is 0 Å². The summed E-state index contributed by atoms with van der Waals surface area (Å²) in [5.41, 5.74) is 10.7. The van der Waals surface area contributed by atoms with Crippen LogP contribution in [0.2, 0.25) is 0 Å². The fourth-order valence-electron chi connectivity index (χ4n) is 8.69. The molecule has 0 atom stereocenters. The first-order valence-electron chi connectivity index (χ1n) is 19.2. The lowest BCUT2D eigenvalue weighted by Gasteiger charge is -2.27. The van der Waals surface area contributed by atoms with Crippen LogP contribution in [0.3, 0.4) is 0 Å². The van der Waals surface area contributed by atoms with Crippen molar-refractivity contribution in [2.24, 2.45) is 0 Å². The molecule has 11 rings (SSSR count). The van der Waals surface area contributed by atoms with Gasteiger partial charge in [0.05, 0.1) is 5.69 Å². The molecule has 10 aromatic carbocycles. The number of thiophene rings is 1. The van der Waals surface area contributed by atoms with Crippen LogP contribution in [-0.2, 0) is 0 Å². The third kappa shape index (κ3) is 5.38. The van der Waals surface area contributed by atoms with Crippen molar-refractivity contribution >= 4 is 80.9 Å². The Bertz CT molecular complexity index is 3250. The van der Waals surface area contributed by atoms with E-state index in [0.717, 1.165) is 17.1 Å². The zero-order chi connectivity index (χ0) is 37.0. The molecule has 262 valence electrons. The fourth-order valence-corrected chi connectivity index (χ4v) is 9.83. The summed E-state index contributed by atoms with van der Waals surface area (Å²) < 4.78 is 2.60. The molecule has 1 heterocycles. The molecule has 0 saturated carbocycles. The van der Waals surface area contributed by atoms with E-state index in [9.17, 15) is 0 Å². The summed E-state index contributed by atoms with van der Waals surface area (Å²) in [6.45, 7) is 0. The molecule has 0 radical (unpaired) electrons. The first-order valence-corrected chi connectivity index (χ1v) is 20.0. The summed E-state index contributed by atoms with van der Waals surface area (Å²) in [4.78, 5) is 2.44. The van der Waals surface area contributed by atoms with Crippen LogP contribution in [0, 0.1) is 0 Å². The lowest BCUT2D eigenvalue weighted by Crippen LogP contribution is -2.10. The Morgan fingerprint density at radius 1 is 0.286 bits per heavy atom. The normalized spacial score (nSPS) is 11.6. The summed E-state index contributed by atoms with van der Waals surface area (Å²) in [5, 5.41) is 10.1. The number of fused-ring (bicyclic) bond motifs is 7. The number of benzene rings is 10. The predicted octanol–water partition coefficient (Wildman–Crippen LogP) is 16.0. The highest BCUT2D eigenvalue weighted by atomic mass is 32.1. The Kier molecular flexibility index (Phi) is 7.75. The minimum atomic E-state index is 1.12. The van der Waals surface area contributed by atoms with Crippen molar-refractivity contribution in [3.63, 3.8) is 0 Å². The van der Waals surface area contributed by atoms with Crippen LogP contribution in [0.4, 0.5) is 17.1 Å². The Morgan fingerprint density at radius 3 is 1.62 bits per heavy atom. The molecule has 1 nitrogen and oxygen atoms in total. The number of nitrogens with zero attached hydrogens (tertiary/aromatic N) is 1. The van der Waals surface area contributed by atoms with Gasteiger partial charge in [-0.3, -0.25) is 0 Å². The number of anilines is 3.